The minimum atomic E-state index is -2.85. The van der Waals surface area contributed by atoms with Crippen molar-refractivity contribution >= 4 is 29.1 Å². The Kier molecular flexibility index (Phi) is 7.81. The monoisotopic (exact) mass is 613 g/mol. The third-order valence-electron chi connectivity index (χ3n) is 9.46. The van der Waals surface area contributed by atoms with Crippen molar-refractivity contribution in [2.75, 3.05) is 46.1 Å². The number of likely N-dealkylation sites (tertiary alicyclic amines) is 1. The van der Waals surface area contributed by atoms with E-state index >= 15 is 4.39 Å². The van der Waals surface area contributed by atoms with Crippen LogP contribution in [0.4, 0.5) is 10.1 Å². The van der Waals surface area contributed by atoms with E-state index in [1.165, 1.54) is 18.1 Å². The smallest absolute Gasteiger partial charge is 0.255 e. The molecule has 5 atom stereocenters. The number of ketones is 2. The number of hydrogen-bond donors (Lipinski definition) is 6. The Balaban J connectivity index is 1.52. The van der Waals surface area contributed by atoms with Gasteiger partial charge in [0.25, 0.3) is 5.91 Å². The molecule has 4 aliphatic rings. The third kappa shape index (κ3) is 4.64. The van der Waals surface area contributed by atoms with Gasteiger partial charge in [0, 0.05) is 49.3 Å². The number of nitrogens with zero attached hydrogens (tertiary/aromatic N) is 3. The molecule has 0 saturated carbocycles. The number of aliphatic hydroxyl groups excluding tert-OH is 2. The molecular formula is C30H36FN5O8. The fourth-order valence-corrected chi connectivity index (χ4v) is 7.12. The number of benzene rings is 1. The molecule has 0 spiro atoms. The van der Waals surface area contributed by atoms with Crippen LogP contribution in [0.25, 0.3) is 0 Å². The maximum atomic E-state index is 15.5. The number of likely N-dealkylation sites (N-methyl/N-ethyl adjacent to an activating group) is 2. The number of carbonyl (C=O) groups is 4. The van der Waals surface area contributed by atoms with Crippen LogP contribution in [0, 0.1) is 17.7 Å². The number of fused-ring (bicyclic) bond motifs is 3. The second kappa shape index (κ2) is 11.0. The number of amides is 2. The number of rotatable bonds is 7. The number of aliphatic hydroxyl groups is 3. The van der Waals surface area contributed by atoms with Crippen molar-refractivity contribution in [2.24, 2.45) is 17.6 Å². The summed E-state index contributed by atoms with van der Waals surface area (Å²) in [5.74, 6) is -9.98. The highest BCUT2D eigenvalue weighted by Gasteiger charge is 2.63. The van der Waals surface area contributed by atoms with E-state index < -0.39 is 86.7 Å². The molecule has 236 valence electrons. The number of Topliss-reactive ketones (excluding diaryl/α,β-unsaturated/α-hetero) is 2. The summed E-state index contributed by atoms with van der Waals surface area (Å²) in [5.41, 5.74) is 0.0808. The van der Waals surface area contributed by atoms with E-state index in [9.17, 15) is 39.6 Å². The molecule has 2 amide bonds. The number of hydrogen-bond acceptors (Lipinski definition) is 11. The van der Waals surface area contributed by atoms with Gasteiger partial charge in [0.1, 0.15) is 22.9 Å². The minimum Gasteiger partial charge on any atom is -0.509 e. The van der Waals surface area contributed by atoms with Crippen molar-refractivity contribution in [1.29, 1.82) is 0 Å². The molecular weight excluding hydrogens is 577 g/mol. The van der Waals surface area contributed by atoms with Crippen LogP contribution < -0.4 is 11.1 Å². The number of halogens is 1. The van der Waals surface area contributed by atoms with Gasteiger partial charge in [0.05, 0.1) is 23.8 Å². The lowest BCUT2D eigenvalue weighted by molar-refractivity contribution is -0.148. The Bertz CT molecular complexity index is 1550. The highest BCUT2D eigenvalue weighted by molar-refractivity contribution is 6.25. The van der Waals surface area contributed by atoms with Gasteiger partial charge in [-0.15, -0.1) is 0 Å². The van der Waals surface area contributed by atoms with Gasteiger partial charge < -0.3 is 41.3 Å². The van der Waals surface area contributed by atoms with E-state index in [0.29, 0.717) is 13.1 Å². The molecule has 1 aromatic carbocycles. The zero-order valence-electron chi connectivity index (χ0n) is 24.6. The summed E-state index contributed by atoms with van der Waals surface area (Å²) in [6.45, 7) is 4.91. The number of nitrogens with one attached hydrogen (secondary N) is 1. The summed E-state index contributed by atoms with van der Waals surface area (Å²) in [6.07, 6.45) is 1.72. The molecule has 0 radical (unpaired) electrons. The van der Waals surface area contributed by atoms with Crippen molar-refractivity contribution in [3.05, 3.63) is 58.5 Å². The topological polar surface area (TPSA) is 197 Å². The average molecular weight is 614 g/mol. The standard InChI is InChI=1S/C30H36FN5O8/c1-5-35(4)23-16-9-13-8-15-17(31)10-18(33-19(37)12-36-7-6-14(11-36)34(2)3)24(38)21(15)25(39)20(13)27(41)30(16,44)28(42)22(26(23)40)29(32)43/h5,10,13-14,16,23,38,40-41,44H,1,6-9,11-12H2,2-4H3,(H2,32,43)(H,33,37)/t13-,14+,16-,23-,30-/m0/s1. The predicted molar refractivity (Wildman–Crippen MR) is 155 cm³/mol. The molecule has 5 rings (SSSR count). The first-order chi connectivity index (χ1) is 20.6. The van der Waals surface area contributed by atoms with Gasteiger partial charge in [0.2, 0.25) is 11.7 Å². The molecule has 7 N–H and O–H groups in total. The van der Waals surface area contributed by atoms with Crippen LogP contribution in [0.15, 0.2) is 41.5 Å². The number of nitrogens with two attached hydrogens (primary N) is 1. The summed E-state index contributed by atoms with van der Waals surface area (Å²) in [6, 6.07) is -0.0561. The summed E-state index contributed by atoms with van der Waals surface area (Å²) in [4.78, 5) is 57.6. The van der Waals surface area contributed by atoms with Gasteiger partial charge in [-0.1, -0.05) is 6.58 Å². The molecule has 0 bridgehead atoms. The van der Waals surface area contributed by atoms with Crippen LogP contribution in [-0.2, 0) is 20.8 Å². The lowest BCUT2D eigenvalue weighted by Crippen LogP contribution is -2.63. The Morgan fingerprint density at radius 1 is 1.25 bits per heavy atom. The third-order valence-corrected chi connectivity index (χ3v) is 9.46. The zero-order chi connectivity index (χ0) is 32.4. The Labute approximate surface area is 252 Å². The normalized spacial score (nSPS) is 28.5. The summed E-state index contributed by atoms with van der Waals surface area (Å²) >= 11 is 0. The average Bonchev–Trinajstić information content (AvgIpc) is 3.41. The number of aromatic hydroxyl groups is 1. The Hall–Kier alpha value is -4.27. The second-order valence-corrected chi connectivity index (χ2v) is 12.1. The molecule has 0 aromatic heterocycles. The molecule has 1 fully saturated rings. The Morgan fingerprint density at radius 2 is 1.93 bits per heavy atom. The first kappa shape index (κ1) is 31.2. The van der Waals surface area contributed by atoms with E-state index in [1.54, 1.807) is 0 Å². The fraction of sp³-hybridized carbons (Fsp3) is 0.467. The van der Waals surface area contributed by atoms with Crippen LogP contribution in [0.1, 0.15) is 28.8 Å². The molecule has 44 heavy (non-hydrogen) atoms. The van der Waals surface area contributed by atoms with Gasteiger partial charge in [-0.25, -0.2) is 4.39 Å². The lowest BCUT2D eigenvalue weighted by Gasteiger charge is -2.50. The minimum absolute atomic E-state index is 0.0239. The van der Waals surface area contributed by atoms with Gasteiger partial charge in [-0.2, -0.15) is 0 Å². The first-order valence-electron chi connectivity index (χ1n) is 14.2. The van der Waals surface area contributed by atoms with Gasteiger partial charge in [-0.3, -0.25) is 24.1 Å². The Morgan fingerprint density at radius 3 is 2.52 bits per heavy atom. The SMILES string of the molecule is C=CN(C)[C@@H]1C(O)=C(C(N)=O)C(=O)[C@@]2(O)C(O)=C3C(=O)c4c(O)c(NC(=O)CN5CC[C@@H](N(C)C)C5)cc(F)c4C[C@H]3C[C@@H]12. The molecule has 3 aliphatic carbocycles. The molecule has 0 unspecified atom stereocenters. The summed E-state index contributed by atoms with van der Waals surface area (Å²) in [7, 11) is 5.35. The van der Waals surface area contributed by atoms with E-state index in [2.05, 4.69) is 16.8 Å². The number of allylic oxidation sites excluding steroid dienone is 1. The van der Waals surface area contributed by atoms with Crippen molar-refractivity contribution in [3.8, 4) is 5.75 Å². The quantitative estimate of drug-likeness (QED) is 0.183. The summed E-state index contributed by atoms with van der Waals surface area (Å²) in [5, 5.41) is 47.6. The number of phenols is 1. The van der Waals surface area contributed by atoms with Gasteiger partial charge in [-0.05, 0) is 45.5 Å². The maximum absolute atomic E-state index is 15.5. The second-order valence-electron chi connectivity index (χ2n) is 12.1. The van der Waals surface area contributed by atoms with Gasteiger partial charge in [0.15, 0.2) is 17.1 Å². The van der Waals surface area contributed by atoms with Crippen molar-refractivity contribution in [3.63, 3.8) is 0 Å². The fourth-order valence-electron chi connectivity index (χ4n) is 7.12. The molecule has 1 aliphatic heterocycles. The zero-order valence-corrected chi connectivity index (χ0v) is 24.6. The number of primary amides is 1. The van der Waals surface area contributed by atoms with Gasteiger partial charge >= 0.3 is 0 Å². The van der Waals surface area contributed by atoms with E-state index in [0.717, 1.165) is 12.5 Å². The molecule has 1 saturated heterocycles. The van der Waals surface area contributed by atoms with E-state index in [-0.39, 0.29) is 36.7 Å². The molecule has 13 nitrogen and oxygen atoms in total. The van der Waals surface area contributed by atoms with Crippen molar-refractivity contribution in [2.45, 2.75) is 36.9 Å². The highest BCUT2D eigenvalue weighted by Crippen LogP contribution is 2.53. The van der Waals surface area contributed by atoms with E-state index in [1.807, 2.05) is 19.0 Å². The molecule has 1 aromatic rings. The number of carbonyl (C=O) groups excluding carboxylic acids is 4. The first-order valence-corrected chi connectivity index (χ1v) is 14.2. The van der Waals surface area contributed by atoms with Crippen LogP contribution in [0.2, 0.25) is 0 Å². The van der Waals surface area contributed by atoms with Crippen molar-refractivity contribution < 1.29 is 44.0 Å². The number of anilines is 1. The van der Waals surface area contributed by atoms with Crippen molar-refractivity contribution in [1.82, 2.24) is 14.7 Å². The predicted octanol–water partition coefficient (Wildman–Crippen LogP) is 0.348. The van der Waals surface area contributed by atoms with Crippen LogP contribution in [0.3, 0.4) is 0 Å². The van der Waals surface area contributed by atoms with E-state index in [4.69, 9.17) is 5.73 Å². The lowest BCUT2D eigenvalue weighted by atomic mass is 9.58. The van der Waals surface area contributed by atoms with Crippen LogP contribution in [-0.4, -0.2) is 117 Å². The summed E-state index contributed by atoms with van der Waals surface area (Å²) < 4.78 is 15.5. The maximum Gasteiger partial charge on any atom is 0.255 e. The molecule has 14 heteroatoms. The molecule has 1 heterocycles. The van der Waals surface area contributed by atoms with Crippen LogP contribution >= 0.6 is 0 Å². The largest absolute Gasteiger partial charge is 0.509 e. The highest BCUT2D eigenvalue weighted by atomic mass is 19.1. The van der Waals surface area contributed by atoms with Crippen LogP contribution in [0.5, 0.6) is 5.75 Å². The number of phenolic OH excluding ortho intramolecular Hbond substituents is 1.